The minimum absolute atomic E-state index is 0.0178. The molecule has 2 aromatic rings. The number of carbonyl (C=O) groups is 2. The Morgan fingerprint density at radius 1 is 1.14 bits per heavy atom. The second kappa shape index (κ2) is 10.0. The smallest absolute Gasteiger partial charge is 0.243 e. The fourth-order valence-electron chi connectivity index (χ4n) is 3.54. The maximum absolute atomic E-state index is 12.8. The van der Waals surface area contributed by atoms with Crippen LogP contribution < -0.4 is 5.32 Å². The summed E-state index contributed by atoms with van der Waals surface area (Å²) in [6, 6.07) is 11.7. The fraction of sp³-hybridized carbons (Fsp3) is 0.455. The van der Waals surface area contributed by atoms with Gasteiger partial charge in [0.15, 0.2) is 0 Å². The molecule has 0 saturated carbocycles. The Hall–Kier alpha value is -2.22. The van der Waals surface area contributed by atoms with E-state index < -0.39 is 0 Å². The highest BCUT2D eigenvalue weighted by molar-refractivity contribution is 7.09. The van der Waals surface area contributed by atoms with E-state index in [-0.39, 0.29) is 24.4 Å². The molecule has 1 aromatic carbocycles. The molecule has 29 heavy (non-hydrogen) atoms. The Labute approximate surface area is 177 Å². The van der Waals surface area contributed by atoms with Gasteiger partial charge in [-0.1, -0.05) is 23.8 Å². The van der Waals surface area contributed by atoms with E-state index in [4.69, 9.17) is 0 Å². The Kier molecular flexibility index (Phi) is 7.41. The zero-order valence-corrected chi connectivity index (χ0v) is 18.2. The first-order chi connectivity index (χ1) is 13.9. The second-order valence-corrected chi connectivity index (χ2v) is 8.71. The number of rotatable bonds is 7. The van der Waals surface area contributed by atoms with Crippen LogP contribution in [0.3, 0.4) is 0 Å². The average molecular weight is 415 g/mol. The standard InChI is InChI=1S/C22H30N4O2S/c1-17-6-8-19(9-7-17)23-21(27)16-24(3)22(28)18(2)26-12-10-25(11-13-26)15-20-5-4-14-29-20/h4-9,14,18H,10-13,15-16H2,1-3H3,(H,23,27)/t18-/m0/s1. The summed E-state index contributed by atoms with van der Waals surface area (Å²) in [6.45, 7) is 8.60. The average Bonchev–Trinajstić information content (AvgIpc) is 3.22. The molecular formula is C22H30N4O2S. The van der Waals surface area contributed by atoms with Crippen molar-refractivity contribution >= 4 is 28.8 Å². The van der Waals surface area contributed by atoms with Gasteiger partial charge >= 0.3 is 0 Å². The van der Waals surface area contributed by atoms with Gasteiger partial charge in [0.1, 0.15) is 0 Å². The van der Waals surface area contributed by atoms with Crippen molar-refractivity contribution in [3.63, 3.8) is 0 Å². The van der Waals surface area contributed by atoms with Crippen molar-refractivity contribution in [3.8, 4) is 0 Å². The molecule has 6 nitrogen and oxygen atoms in total. The number of aryl methyl sites for hydroxylation is 1. The van der Waals surface area contributed by atoms with Gasteiger partial charge in [0.25, 0.3) is 0 Å². The topological polar surface area (TPSA) is 55.9 Å². The summed E-state index contributed by atoms with van der Waals surface area (Å²) in [5.41, 5.74) is 1.89. The molecular weight excluding hydrogens is 384 g/mol. The molecule has 0 spiro atoms. The minimum Gasteiger partial charge on any atom is -0.335 e. The molecule has 156 valence electrons. The lowest BCUT2D eigenvalue weighted by atomic mass is 10.2. The number of carbonyl (C=O) groups excluding carboxylic acids is 2. The Bertz CT molecular complexity index is 799. The lowest BCUT2D eigenvalue weighted by Crippen LogP contribution is -2.54. The van der Waals surface area contributed by atoms with Gasteiger partial charge in [-0.2, -0.15) is 0 Å². The van der Waals surface area contributed by atoms with E-state index in [1.54, 1.807) is 18.4 Å². The van der Waals surface area contributed by atoms with Crippen LogP contribution in [0.25, 0.3) is 0 Å². The van der Waals surface area contributed by atoms with Crippen molar-refractivity contribution in [2.24, 2.45) is 0 Å². The third-order valence-corrected chi connectivity index (χ3v) is 6.23. The normalized spacial score (nSPS) is 16.4. The van der Waals surface area contributed by atoms with Gasteiger partial charge < -0.3 is 10.2 Å². The molecule has 0 radical (unpaired) electrons. The van der Waals surface area contributed by atoms with E-state index in [0.717, 1.165) is 44.0 Å². The van der Waals surface area contributed by atoms with Crippen molar-refractivity contribution in [1.82, 2.24) is 14.7 Å². The number of anilines is 1. The van der Waals surface area contributed by atoms with Crippen LogP contribution in [0, 0.1) is 6.92 Å². The van der Waals surface area contributed by atoms with Crippen LogP contribution in [0.15, 0.2) is 41.8 Å². The lowest BCUT2D eigenvalue weighted by molar-refractivity contribution is -0.138. The summed E-state index contributed by atoms with van der Waals surface area (Å²) in [4.78, 5) is 32.6. The maximum Gasteiger partial charge on any atom is 0.243 e. The Balaban J connectivity index is 1.44. The third-order valence-electron chi connectivity index (χ3n) is 5.36. The number of benzene rings is 1. The summed E-state index contributed by atoms with van der Waals surface area (Å²) in [5, 5.41) is 4.96. The van der Waals surface area contributed by atoms with Crippen molar-refractivity contribution < 1.29 is 9.59 Å². The van der Waals surface area contributed by atoms with Crippen molar-refractivity contribution in [2.75, 3.05) is 45.1 Å². The largest absolute Gasteiger partial charge is 0.335 e. The van der Waals surface area contributed by atoms with Crippen LogP contribution in [0.5, 0.6) is 0 Å². The van der Waals surface area contributed by atoms with Crippen LogP contribution >= 0.6 is 11.3 Å². The van der Waals surface area contributed by atoms with Crippen molar-refractivity contribution in [3.05, 3.63) is 52.2 Å². The number of hydrogen-bond acceptors (Lipinski definition) is 5. The number of nitrogens with zero attached hydrogens (tertiary/aromatic N) is 3. The highest BCUT2D eigenvalue weighted by Gasteiger charge is 2.28. The number of hydrogen-bond donors (Lipinski definition) is 1. The number of piperazine rings is 1. The molecule has 1 aromatic heterocycles. The molecule has 0 bridgehead atoms. The highest BCUT2D eigenvalue weighted by Crippen LogP contribution is 2.15. The predicted octanol–water partition coefficient (Wildman–Crippen LogP) is 2.66. The molecule has 1 atom stereocenters. The van der Waals surface area contributed by atoms with Gasteiger partial charge in [-0.25, -0.2) is 0 Å². The number of nitrogens with one attached hydrogen (secondary N) is 1. The first-order valence-electron chi connectivity index (χ1n) is 10.0. The quantitative estimate of drug-likeness (QED) is 0.757. The third kappa shape index (κ3) is 6.13. The van der Waals surface area contributed by atoms with E-state index in [9.17, 15) is 9.59 Å². The van der Waals surface area contributed by atoms with E-state index in [1.165, 1.54) is 9.78 Å². The van der Waals surface area contributed by atoms with Crippen molar-refractivity contribution in [1.29, 1.82) is 0 Å². The molecule has 1 fully saturated rings. The molecule has 2 amide bonds. The highest BCUT2D eigenvalue weighted by atomic mass is 32.1. The lowest BCUT2D eigenvalue weighted by Gasteiger charge is -2.38. The maximum atomic E-state index is 12.8. The molecule has 7 heteroatoms. The zero-order valence-electron chi connectivity index (χ0n) is 17.4. The van der Waals surface area contributed by atoms with Gasteiger partial charge in [0.2, 0.25) is 11.8 Å². The molecule has 0 unspecified atom stereocenters. The van der Waals surface area contributed by atoms with Gasteiger partial charge in [0, 0.05) is 50.3 Å². The molecule has 1 N–H and O–H groups in total. The molecule has 1 aliphatic heterocycles. The van der Waals surface area contributed by atoms with Gasteiger partial charge in [-0.05, 0) is 37.4 Å². The summed E-state index contributed by atoms with van der Waals surface area (Å²) in [6.07, 6.45) is 0. The predicted molar refractivity (Wildman–Crippen MR) is 118 cm³/mol. The van der Waals surface area contributed by atoms with E-state index >= 15 is 0 Å². The van der Waals surface area contributed by atoms with Gasteiger partial charge in [-0.15, -0.1) is 11.3 Å². The molecule has 3 rings (SSSR count). The second-order valence-electron chi connectivity index (χ2n) is 7.68. The van der Waals surface area contributed by atoms with Crippen LogP contribution in [0.1, 0.15) is 17.4 Å². The first-order valence-corrected chi connectivity index (χ1v) is 10.9. The summed E-state index contributed by atoms with van der Waals surface area (Å²) in [5.74, 6) is -0.201. The van der Waals surface area contributed by atoms with E-state index in [0.29, 0.717) is 0 Å². The van der Waals surface area contributed by atoms with Crippen LogP contribution in [-0.4, -0.2) is 72.3 Å². The first kappa shape index (κ1) is 21.5. The Morgan fingerprint density at radius 2 is 1.83 bits per heavy atom. The van der Waals surface area contributed by atoms with E-state index in [2.05, 4.69) is 32.6 Å². The van der Waals surface area contributed by atoms with Crippen molar-refractivity contribution in [2.45, 2.75) is 26.4 Å². The molecule has 2 heterocycles. The monoisotopic (exact) mass is 414 g/mol. The van der Waals surface area contributed by atoms with Crippen LogP contribution in [0.4, 0.5) is 5.69 Å². The molecule has 1 saturated heterocycles. The summed E-state index contributed by atoms with van der Waals surface area (Å²) < 4.78 is 0. The number of thiophene rings is 1. The van der Waals surface area contributed by atoms with Crippen LogP contribution in [0.2, 0.25) is 0 Å². The minimum atomic E-state index is -0.226. The fourth-order valence-corrected chi connectivity index (χ4v) is 4.28. The van der Waals surface area contributed by atoms with E-state index in [1.807, 2.05) is 38.1 Å². The van der Waals surface area contributed by atoms with Gasteiger partial charge in [0.05, 0.1) is 12.6 Å². The number of amides is 2. The van der Waals surface area contributed by atoms with Gasteiger partial charge in [-0.3, -0.25) is 19.4 Å². The Morgan fingerprint density at radius 3 is 2.45 bits per heavy atom. The zero-order chi connectivity index (χ0) is 20.8. The van der Waals surface area contributed by atoms with Crippen LogP contribution in [-0.2, 0) is 16.1 Å². The molecule has 1 aliphatic rings. The summed E-state index contributed by atoms with van der Waals surface area (Å²) >= 11 is 1.79. The molecule has 0 aliphatic carbocycles. The summed E-state index contributed by atoms with van der Waals surface area (Å²) in [7, 11) is 1.70. The number of likely N-dealkylation sites (N-methyl/N-ethyl adjacent to an activating group) is 1. The SMILES string of the molecule is Cc1ccc(NC(=O)CN(C)C(=O)[C@H](C)N2CCN(Cc3cccs3)CC2)cc1.